The summed E-state index contributed by atoms with van der Waals surface area (Å²) in [6, 6.07) is 6.18. The van der Waals surface area contributed by atoms with Gasteiger partial charge in [0.15, 0.2) is 0 Å². The van der Waals surface area contributed by atoms with Crippen molar-refractivity contribution in [3.05, 3.63) is 40.4 Å². The number of fused-ring (bicyclic) bond motifs is 1. The van der Waals surface area contributed by atoms with Crippen LogP contribution in [0.15, 0.2) is 24.3 Å². The molecule has 0 bridgehead atoms. The van der Waals surface area contributed by atoms with Crippen LogP contribution in [0.4, 0.5) is 0 Å². The van der Waals surface area contributed by atoms with Crippen LogP contribution in [0, 0.1) is 0 Å². The van der Waals surface area contributed by atoms with E-state index in [0.29, 0.717) is 0 Å². The summed E-state index contributed by atoms with van der Waals surface area (Å²) in [5.41, 5.74) is 4.13. The van der Waals surface area contributed by atoms with Crippen molar-refractivity contribution >= 4 is 17.2 Å². The lowest BCUT2D eigenvalue weighted by Crippen LogP contribution is -2.13. The molecule has 1 aromatic rings. The average Bonchev–Trinajstić information content (AvgIpc) is 2.18. The van der Waals surface area contributed by atoms with Crippen molar-refractivity contribution in [1.29, 1.82) is 0 Å². The van der Waals surface area contributed by atoms with E-state index in [-0.39, 0.29) is 0 Å². The molecule has 0 saturated heterocycles. The zero-order valence-corrected chi connectivity index (χ0v) is 9.06. The summed E-state index contributed by atoms with van der Waals surface area (Å²) in [4.78, 5) is 0. The molecule has 2 heteroatoms. The van der Waals surface area contributed by atoms with Crippen LogP contribution in [0.2, 0.25) is 5.02 Å². The number of nitrogens with one attached hydrogen (secondary N) is 1. The first-order valence-corrected chi connectivity index (χ1v) is 5.31. The first kappa shape index (κ1) is 9.75. The van der Waals surface area contributed by atoms with Crippen LogP contribution in [-0.2, 0) is 6.42 Å². The van der Waals surface area contributed by atoms with Gasteiger partial charge in [0.1, 0.15) is 0 Å². The van der Waals surface area contributed by atoms with Gasteiger partial charge in [0, 0.05) is 11.6 Å². The van der Waals surface area contributed by atoms with Crippen LogP contribution < -0.4 is 5.32 Å². The van der Waals surface area contributed by atoms with Crippen LogP contribution in [0.25, 0.3) is 5.57 Å². The molecule has 0 amide bonds. The third-order valence-corrected chi connectivity index (χ3v) is 2.82. The molecule has 0 heterocycles. The minimum atomic E-state index is 0.842. The van der Waals surface area contributed by atoms with E-state index in [1.165, 1.54) is 16.7 Å². The van der Waals surface area contributed by atoms with E-state index >= 15 is 0 Å². The first-order valence-electron chi connectivity index (χ1n) is 4.93. The Labute approximate surface area is 89.8 Å². The lowest BCUT2D eigenvalue weighted by atomic mass is 9.91. The van der Waals surface area contributed by atoms with Crippen LogP contribution in [0.5, 0.6) is 0 Å². The van der Waals surface area contributed by atoms with Gasteiger partial charge < -0.3 is 5.32 Å². The lowest BCUT2D eigenvalue weighted by molar-refractivity contribution is 0.901. The maximum absolute atomic E-state index is 5.97. The van der Waals surface area contributed by atoms with Gasteiger partial charge in [-0.1, -0.05) is 23.7 Å². The number of likely N-dealkylation sites (N-methyl/N-ethyl adjacent to an activating group) is 1. The van der Waals surface area contributed by atoms with Crippen LogP contribution in [-0.4, -0.2) is 13.6 Å². The zero-order chi connectivity index (χ0) is 9.97. The Hall–Kier alpha value is -0.790. The molecular formula is C12H14ClN. The third kappa shape index (κ3) is 1.84. The van der Waals surface area contributed by atoms with Crippen LogP contribution in [0.1, 0.15) is 17.5 Å². The van der Waals surface area contributed by atoms with E-state index in [9.17, 15) is 0 Å². The molecule has 1 aliphatic rings. The fourth-order valence-electron chi connectivity index (χ4n) is 1.95. The summed E-state index contributed by atoms with van der Waals surface area (Å²) in [5.74, 6) is 0. The van der Waals surface area contributed by atoms with Gasteiger partial charge in [0.25, 0.3) is 0 Å². The molecule has 1 aliphatic carbocycles. The number of hydrogen-bond acceptors (Lipinski definition) is 1. The summed E-state index contributed by atoms with van der Waals surface area (Å²) in [5, 5.41) is 4.03. The minimum Gasteiger partial charge on any atom is -0.316 e. The molecule has 14 heavy (non-hydrogen) atoms. The van der Waals surface area contributed by atoms with E-state index in [0.717, 1.165) is 24.4 Å². The smallest absolute Gasteiger partial charge is 0.0409 e. The van der Waals surface area contributed by atoms with E-state index in [1.54, 1.807) is 0 Å². The van der Waals surface area contributed by atoms with Crippen molar-refractivity contribution in [3.8, 4) is 0 Å². The maximum Gasteiger partial charge on any atom is 0.0409 e. The van der Waals surface area contributed by atoms with Gasteiger partial charge in [0.2, 0.25) is 0 Å². The van der Waals surface area contributed by atoms with E-state index in [2.05, 4.69) is 23.5 Å². The quantitative estimate of drug-likeness (QED) is 0.787. The molecule has 1 nitrogen and oxygen atoms in total. The summed E-state index contributed by atoms with van der Waals surface area (Å²) in [6.07, 6.45) is 4.56. The Balaban J connectivity index is 2.38. The van der Waals surface area contributed by atoms with Gasteiger partial charge in [0.05, 0.1) is 0 Å². The Morgan fingerprint density at radius 1 is 1.43 bits per heavy atom. The molecule has 0 unspecified atom stereocenters. The summed E-state index contributed by atoms with van der Waals surface area (Å²) in [6.45, 7) is 0.939. The Morgan fingerprint density at radius 3 is 3.07 bits per heavy atom. The highest BCUT2D eigenvalue weighted by atomic mass is 35.5. The van der Waals surface area contributed by atoms with Gasteiger partial charge in [-0.3, -0.25) is 0 Å². The molecule has 0 atom stereocenters. The molecule has 0 aromatic heterocycles. The molecule has 0 fully saturated rings. The molecule has 74 valence electrons. The number of benzene rings is 1. The third-order valence-electron chi connectivity index (χ3n) is 2.58. The van der Waals surface area contributed by atoms with E-state index < -0.39 is 0 Å². The fourth-order valence-corrected chi connectivity index (χ4v) is 2.15. The summed E-state index contributed by atoms with van der Waals surface area (Å²) >= 11 is 5.97. The lowest BCUT2D eigenvalue weighted by Gasteiger charge is -2.17. The van der Waals surface area contributed by atoms with Gasteiger partial charge in [-0.15, -0.1) is 0 Å². The second-order valence-electron chi connectivity index (χ2n) is 3.60. The van der Waals surface area contributed by atoms with Crippen LogP contribution >= 0.6 is 11.6 Å². The standard InChI is InChI=1S/C12H14ClN/c1-14-8-10-4-2-3-9-7-11(13)5-6-12(9)10/h4-7,14H,2-3,8H2,1H3. The minimum absolute atomic E-state index is 0.842. The number of aryl methyl sites for hydroxylation is 1. The fraction of sp³-hybridized carbons (Fsp3) is 0.333. The van der Waals surface area contributed by atoms with Gasteiger partial charge in [-0.25, -0.2) is 0 Å². The molecular weight excluding hydrogens is 194 g/mol. The summed E-state index contributed by atoms with van der Waals surface area (Å²) < 4.78 is 0. The molecule has 0 aliphatic heterocycles. The Morgan fingerprint density at radius 2 is 2.29 bits per heavy atom. The van der Waals surface area contributed by atoms with E-state index in [4.69, 9.17) is 11.6 Å². The number of allylic oxidation sites excluding steroid dienone is 1. The Bertz CT molecular complexity index is 369. The number of rotatable bonds is 2. The van der Waals surface area contributed by atoms with Crippen molar-refractivity contribution in [2.45, 2.75) is 12.8 Å². The summed E-state index contributed by atoms with van der Waals surface area (Å²) in [7, 11) is 1.98. The molecule has 0 radical (unpaired) electrons. The first-order chi connectivity index (χ1) is 6.81. The Kier molecular flexibility index (Phi) is 2.90. The molecule has 0 spiro atoms. The SMILES string of the molecule is CNCC1=CCCc2cc(Cl)ccc21. The zero-order valence-electron chi connectivity index (χ0n) is 8.31. The molecule has 0 saturated carbocycles. The van der Waals surface area contributed by atoms with Crippen molar-refractivity contribution in [1.82, 2.24) is 5.32 Å². The topological polar surface area (TPSA) is 12.0 Å². The van der Waals surface area contributed by atoms with Crippen molar-refractivity contribution in [2.24, 2.45) is 0 Å². The van der Waals surface area contributed by atoms with Crippen molar-refractivity contribution < 1.29 is 0 Å². The predicted molar refractivity (Wildman–Crippen MR) is 61.7 cm³/mol. The molecule has 2 rings (SSSR count). The maximum atomic E-state index is 5.97. The highest BCUT2D eigenvalue weighted by Gasteiger charge is 2.11. The van der Waals surface area contributed by atoms with Gasteiger partial charge in [-0.05, 0) is 48.7 Å². The van der Waals surface area contributed by atoms with Gasteiger partial charge >= 0.3 is 0 Å². The average molecular weight is 208 g/mol. The predicted octanol–water partition coefficient (Wildman–Crippen LogP) is 2.89. The number of hydrogen-bond donors (Lipinski definition) is 1. The van der Waals surface area contributed by atoms with Crippen molar-refractivity contribution in [3.63, 3.8) is 0 Å². The highest BCUT2D eigenvalue weighted by Crippen LogP contribution is 2.28. The second kappa shape index (κ2) is 4.16. The highest BCUT2D eigenvalue weighted by molar-refractivity contribution is 6.30. The monoisotopic (exact) mass is 207 g/mol. The van der Waals surface area contributed by atoms with Crippen LogP contribution in [0.3, 0.4) is 0 Å². The normalized spacial score (nSPS) is 14.9. The van der Waals surface area contributed by atoms with Crippen molar-refractivity contribution in [2.75, 3.05) is 13.6 Å². The largest absolute Gasteiger partial charge is 0.316 e. The van der Waals surface area contributed by atoms with E-state index in [1.807, 2.05) is 13.1 Å². The second-order valence-corrected chi connectivity index (χ2v) is 4.04. The number of halogens is 1. The van der Waals surface area contributed by atoms with Gasteiger partial charge in [-0.2, -0.15) is 0 Å². The molecule has 1 N–H and O–H groups in total. The molecule has 1 aromatic carbocycles.